The highest BCUT2D eigenvalue weighted by Gasteiger charge is 2.33. The number of fused-ring (bicyclic) bond motifs is 6. The summed E-state index contributed by atoms with van der Waals surface area (Å²) in [6.45, 7) is 0. The van der Waals surface area contributed by atoms with E-state index in [1.165, 1.54) is 0 Å². The Morgan fingerprint density at radius 1 is 0.187 bits per heavy atom. The van der Waals surface area contributed by atoms with Crippen LogP contribution in [0.15, 0.2) is 401 Å². The second-order valence-electron chi connectivity index (χ2n) is 29.6. The summed E-state index contributed by atoms with van der Waals surface area (Å²) < 4.78 is 0. The summed E-state index contributed by atoms with van der Waals surface area (Å²) in [4.78, 5) is 78.9. The topological polar surface area (TPSA) is 203 Å². The molecule has 123 heavy (non-hydrogen) atoms. The van der Waals surface area contributed by atoms with Crippen LogP contribution in [0.2, 0.25) is 0 Å². The first-order valence-electron chi connectivity index (χ1n) is 40.3. The van der Waals surface area contributed by atoms with Crippen LogP contribution >= 0.6 is 0 Å². The molecule has 0 aliphatic carbocycles. The number of nitrogens with zero attached hydrogens (tertiary/aromatic N) is 18. The lowest BCUT2D eigenvalue weighted by atomic mass is 9.91. The van der Waals surface area contributed by atoms with Gasteiger partial charge in [0, 0.05) is 101 Å². The molecule has 0 spiro atoms. The molecule has 15 aromatic carbocycles. The molecule has 0 bridgehead atoms. The van der Waals surface area contributed by atoms with Crippen LogP contribution in [0.25, 0.3) is 168 Å². The van der Waals surface area contributed by atoms with Gasteiger partial charge in [0.25, 0.3) is 0 Å². The second-order valence-corrected chi connectivity index (χ2v) is 29.6. The summed E-state index contributed by atoms with van der Waals surface area (Å²) in [5.74, 6) is 7.31. The molecule has 0 amide bonds. The fourth-order valence-corrected chi connectivity index (χ4v) is 16.5. The lowest BCUT2D eigenvalue weighted by molar-refractivity contribution is 1.07. The van der Waals surface area contributed by atoms with Crippen LogP contribution in [-0.4, -0.2) is 74.8 Å². The van der Waals surface area contributed by atoms with Crippen LogP contribution in [-0.2, 0) is 0 Å². The average molecular weight is 1580 g/mol. The minimum Gasteiger partial charge on any atom is -0.306 e. The zero-order valence-corrected chi connectivity index (χ0v) is 65.7. The van der Waals surface area contributed by atoms with Crippen molar-refractivity contribution in [1.82, 2.24) is 74.8 Å². The average Bonchev–Trinajstić information content (AvgIpc) is 0.731. The third-order valence-corrected chi connectivity index (χ3v) is 22.1. The lowest BCUT2D eigenvalue weighted by Gasteiger charge is -2.32. The van der Waals surface area contributed by atoms with E-state index in [-0.39, 0.29) is 0 Å². The molecule has 18 heteroatoms. The van der Waals surface area contributed by atoms with Gasteiger partial charge in [0.1, 0.15) is 30.6 Å². The minimum absolute atomic E-state index is 0.596. The van der Waals surface area contributed by atoms with Crippen molar-refractivity contribution >= 4 is 83.9 Å². The van der Waals surface area contributed by atoms with Crippen LogP contribution in [0, 0.1) is 0 Å². The van der Waals surface area contributed by atoms with Crippen molar-refractivity contribution in [3.05, 3.63) is 401 Å². The molecule has 0 fully saturated rings. The highest BCUT2D eigenvalue weighted by molar-refractivity contribution is 6.17. The third kappa shape index (κ3) is 13.5. The van der Waals surface area contributed by atoms with Gasteiger partial charge in [-0.3, -0.25) is 9.80 Å². The van der Waals surface area contributed by atoms with Crippen molar-refractivity contribution in [3.8, 4) is 136 Å². The monoisotopic (exact) mass is 1580 g/mol. The number of aromatic nitrogens is 15. The molecule has 6 aromatic heterocycles. The molecule has 3 aliphatic rings. The number of anilines is 9. The van der Waals surface area contributed by atoms with Gasteiger partial charge >= 0.3 is 0 Å². The largest absolute Gasteiger partial charge is 0.306 e. The summed E-state index contributed by atoms with van der Waals surface area (Å²) in [5.41, 5.74) is 22.5. The van der Waals surface area contributed by atoms with E-state index in [9.17, 15) is 0 Å². The van der Waals surface area contributed by atoms with E-state index >= 15 is 0 Å². The zero-order valence-electron chi connectivity index (χ0n) is 65.7. The Labute approximate surface area is 706 Å². The lowest BCUT2D eigenvalue weighted by Crippen LogP contribution is -2.16. The molecular weight excluding hydrogens is 1510 g/mol. The number of rotatable bonds is 12. The highest BCUT2D eigenvalue weighted by atomic mass is 15.2. The molecule has 0 radical (unpaired) electrons. The summed E-state index contributed by atoms with van der Waals surface area (Å²) in [6.07, 6.45) is 8.62. The van der Waals surface area contributed by atoms with Gasteiger partial charge in [0.15, 0.2) is 52.4 Å². The van der Waals surface area contributed by atoms with E-state index in [0.717, 1.165) is 167 Å². The molecule has 3 aliphatic heterocycles. The number of benzene rings is 15. The molecule has 0 saturated carbocycles. The van der Waals surface area contributed by atoms with Crippen molar-refractivity contribution in [3.63, 3.8) is 0 Å². The first kappa shape index (κ1) is 72.2. The Hall–Kier alpha value is -17.3. The predicted octanol–water partition coefficient (Wildman–Crippen LogP) is 24.8. The Morgan fingerprint density at radius 3 is 0.959 bits per heavy atom. The molecule has 0 atom stereocenters. The number of hydrogen-bond donors (Lipinski definition) is 0. The minimum atomic E-state index is 0.596. The predicted molar refractivity (Wildman–Crippen MR) is 489 cm³/mol. The summed E-state index contributed by atoms with van der Waals surface area (Å²) >= 11 is 0. The summed E-state index contributed by atoms with van der Waals surface area (Å²) in [7, 11) is 0. The standard InChI is InChI=1S/3C35H22N6/c1-4-12-23(13-5-1)32-38-33(24-14-6-2-7-15-24)40-34(39-32)25-20-28-27-18-10-11-19-30(27)41(26-16-8-3-9-17-26)35-31(28)29(21-25)36-22-37-35;1-4-11-23(12-5-1)32-38-33(24-13-6-2-7-14-24)40-34(39-32)26-19-25-15-10-18-30-31(25)28(20-26)29-21-36-22-37-35(29)41(30)27-16-8-3-9-17-27;1-4-11-23(12-5-1)33-38-34(24-13-6-2-7-14-24)40-35(39-33)26-19-25-15-10-18-29-31(25)28(20-26)32-30(21-36-22-37-32)41(29)27-16-8-3-9-17-27/h3*1-22H. The Bertz CT molecular complexity index is 6670. The third-order valence-electron chi connectivity index (χ3n) is 22.1. The Balaban J connectivity index is 0.000000110. The van der Waals surface area contributed by atoms with E-state index in [1.54, 1.807) is 19.0 Å². The van der Waals surface area contributed by atoms with E-state index in [0.29, 0.717) is 52.4 Å². The van der Waals surface area contributed by atoms with Gasteiger partial charge in [0.2, 0.25) is 0 Å². The van der Waals surface area contributed by atoms with Crippen molar-refractivity contribution in [2.75, 3.05) is 14.7 Å². The molecule has 9 heterocycles. The maximum Gasteiger partial charge on any atom is 0.164 e. The van der Waals surface area contributed by atoms with Crippen molar-refractivity contribution in [2.45, 2.75) is 0 Å². The molecule has 18 nitrogen and oxygen atoms in total. The summed E-state index contributed by atoms with van der Waals surface area (Å²) in [6, 6.07) is 125. The van der Waals surface area contributed by atoms with Crippen molar-refractivity contribution in [1.29, 1.82) is 0 Å². The van der Waals surface area contributed by atoms with Gasteiger partial charge in [-0.2, -0.15) is 0 Å². The van der Waals surface area contributed by atoms with Gasteiger partial charge in [0.05, 0.1) is 45.5 Å². The van der Waals surface area contributed by atoms with E-state index in [4.69, 9.17) is 64.8 Å². The van der Waals surface area contributed by atoms with E-state index < -0.39 is 0 Å². The second kappa shape index (κ2) is 31.3. The smallest absolute Gasteiger partial charge is 0.164 e. The van der Waals surface area contributed by atoms with Gasteiger partial charge in [-0.25, -0.2) is 74.8 Å². The quantitative estimate of drug-likeness (QED) is 0.112. The summed E-state index contributed by atoms with van der Waals surface area (Å²) in [5, 5.41) is 5.45. The number of hydrogen-bond acceptors (Lipinski definition) is 18. The molecule has 21 aromatic rings. The Kier molecular flexibility index (Phi) is 18.4. The maximum atomic E-state index is 4.98. The van der Waals surface area contributed by atoms with Crippen LogP contribution in [0.5, 0.6) is 0 Å². The SMILES string of the molecule is c1ccc(-c2nc(-c3ccccc3)nc(-c3cc4c5c(cccc5c3)N(c3ccccc3)c3cncnc3-4)n2)cc1.c1ccc(-c2nc(-c3ccccc3)nc(-c3cc4c5c(cccc5c3)N(c3ccccc3)c3ncncc3-4)n2)cc1.c1ccc(-c2nc(-c3ccccc3)nc(-c3cc4c5c(ncnc5c3)N(c3ccccc3)c3ccccc3-4)n2)cc1. The van der Waals surface area contributed by atoms with E-state index in [2.05, 4.69) is 158 Å². The maximum absolute atomic E-state index is 4.98. The molecule has 0 N–H and O–H groups in total. The molecule has 0 saturated heterocycles. The van der Waals surface area contributed by atoms with Crippen LogP contribution in [0.4, 0.5) is 51.4 Å². The van der Waals surface area contributed by atoms with Crippen LogP contribution in [0.3, 0.4) is 0 Å². The first-order valence-corrected chi connectivity index (χ1v) is 40.3. The zero-order chi connectivity index (χ0) is 81.5. The molecular formula is C105H66N18. The fourth-order valence-electron chi connectivity index (χ4n) is 16.5. The van der Waals surface area contributed by atoms with Crippen LogP contribution in [0.1, 0.15) is 0 Å². The normalized spacial score (nSPS) is 11.9. The fraction of sp³-hybridized carbons (Fsp3) is 0. The first-order chi connectivity index (χ1) is 61.0. The highest BCUT2D eigenvalue weighted by Crippen LogP contribution is 2.55. The molecule has 576 valence electrons. The Morgan fingerprint density at radius 2 is 0.512 bits per heavy atom. The van der Waals surface area contributed by atoms with Crippen molar-refractivity contribution in [2.24, 2.45) is 0 Å². The van der Waals surface area contributed by atoms with Gasteiger partial charge in [-0.15, -0.1) is 0 Å². The number of para-hydroxylation sites is 4. The van der Waals surface area contributed by atoms with Gasteiger partial charge in [-0.1, -0.05) is 279 Å². The van der Waals surface area contributed by atoms with Crippen molar-refractivity contribution < 1.29 is 0 Å². The molecule has 24 rings (SSSR count). The van der Waals surface area contributed by atoms with Crippen LogP contribution < -0.4 is 14.7 Å². The van der Waals surface area contributed by atoms with Gasteiger partial charge in [-0.05, 0) is 113 Å². The van der Waals surface area contributed by atoms with E-state index in [1.807, 2.05) is 249 Å². The molecule has 0 unspecified atom stereocenters. The van der Waals surface area contributed by atoms with Gasteiger partial charge < -0.3 is 4.90 Å².